The molecule has 0 aliphatic carbocycles. The van der Waals surface area contributed by atoms with Crippen molar-refractivity contribution >= 4 is 23.1 Å². The normalized spacial score (nSPS) is 11.9. The first-order valence-electron chi connectivity index (χ1n) is 9.74. The quantitative estimate of drug-likeness (QED) is 0.338. The minimum absolute atomic E-state index is 0.0552. The first kappa shape index (κ1) is 24.7. The largest absolute Gasteiger partial charge is 0.497 e. The highest BCUT2D eigenvalue weighted by atomic mass is 32.2. The van der Waals surface area contributed by atoms with E-state index in [4.69, 9.17) is 9.47 Å². The Bertz CT molecular complexity index is 902. The number of hydrogen-bond donors (Lipinski definition) is 0. The van der Waals surface area contributed by atoms with Crippen LogP contribution in [0.4, 0.5) is 13.2 Å². The van der Waals surface area contributed by atoms with Crippen molar-refractivity contribution in [3.8, 4) is 11.5 Å². The number of methoxy groups -OCH3 is 2. The molecule has 0 saturated carbocycles. The van der Waals surface area contributed by atoms with Gasteiger partial charge in [0.15, 0.2) is 5.78 Å². The second-order valence-electron chi connectivity index (χ2n) is 6.60. The van der Waals surface area contributed by atoms with Gasteiger partial charge in [0, 0.05) is 35.8 Å². The van der Waals surface area contributed by atoms with E-state index in [0.717, 1.165) is 17.0 Å². The number of ether oxygens (including phenoxy) is 2. The van der Waals surface area contributed by atoms with E-state index < -0.39 is 11.7 Å². The zero-order valence-electron chi connectivity index (χ0n) is 18.0. The summed E-state index contributed by atoms with van der Waals surface area (Å²) in [5.41, 5.74) is -0.291. The third-order valence-electron chi connectivity index (χ3n) is 4.62. The SMILES string of the molecule is CCN(C=C(C(=O)CSc1cc(OC)cc(OC)c1)c1cccc(C(F)(F)F)c1)CC. The molecule has 0 N–H and O–H groups in total. The minimum atomic E-state index is -4.48. The first-order valence-corrected chi connectivity index (χ1v) is 10.7. The third-order valence-corrected chi connectivity index (χ3v) is 5.60. The molecular formula is C23H26F3NO3S. The Morgan fingerprint density at radius 2 is 1.65 bits per heavy atom. The van der Waals surface area contributed by atoms with Crippen LogP contribution >= 0.6 is 11.8 Å². The molecule has 0 fully saturated rings. The molecular weight excluding hydrogens is 427 g/mol. The molecule has 4 nitrogen and oxygen atoms in total. The number of carbonyl (C=O) groups is 1. The van der Waals surface area contributed by atoms with Crippen LogP contribution in [-0.4, -0.2) is 43.7 Å². The second-order valence-corrected chi connectivity index (χ2v) is 7.65. The maximum Gasteiger partial charge on any atom is 0.416 e. The van der Waals surface area contributed by atoms with Gasteiger partial charge in [-0.05, 0) is 43.7 Å². The number of Topliss-reactive ketones (excluding diaryl/α,β-unsaturated/α-hetero) is 1. The number of nitrogens with zero attached hydrogens (tertiary/aromatic N) is 1. The van der Waals surface area contributed by atoms with Crippen molar-refractivity contribution in [2.24, 2.45) is 0 Å². The highest BCUT2D eigenvalue weighted by Crippen LogP contribution is 2.33. The Labute approximate surface area is 185 Å². The molecule has 0 bridgehead atoms. The predicted molar refractivity (Wildman–Crippen MR) is 118 cm³/mol. The molecule has 2 aromatic rings. The third kappa shape index (κ3) is 6.95. The number of rotatable bonds is 10. The number of thioether (sulfide) groups is 1. The summed E-state index contributed by atoms with van der Waals surface area (Å²) in [5, 5.41) is 0. The average Bonchev–Trinajstić information content (AvgIpc) is 2.77. The number of benzene rings is 2. The maximum atomic E-state index is 13.2. The Morgan fingerprint density at radius 1 is 1.03 bits per heavy atom. The van der Waals surface area contributed by atoms with Crippen LogP contribution in [0.1, 0.15) is 25.0 Å². The van der Waals surface area contributed by atoms with Gasteiger partial charge in [0.1, 0.15) is 11.5 Å². The zero-order chi connectivity index (χ0) is 23.0. The summed E-state index contributed by atoms with van der Waals surface area (Å²) in [7, 11) is 3.07. The van der Waals surface area contributed by atoms with Gasteiger partial charge in [-0.15, -0.1) is 11.8 Å². The van der Waals surface area contributed by atoms with Crippen molar-refractivity contribution in [3.05, 3.63) is 59.8 Å². The molecule has 168 valence electrons. The Hall–Kier alpha value is -2.61. The standard InChI is InChI=1S/C23H26F3NO3S/c1-5-27(6-2)14-21(16-8-7-9-17(10-16)23(24,25)26)22(28)15-31-20-12-18(29-3)11-19(13-20)30-4/h7-14H,5-6,15H2,1-4H3. The van der Waals surface area contributed by atoms with Crippen molar-refractivity contribution in [2.75, 3.05) is 33.1 Å². The smallest absolute Gasteiger partial charge is 0.416 e. The average molecular weight is 454 g/mol. The molecule has 0 spiro atoms. The topological polar surface area (TPSA) is 38.8 Å². The van der Waals surface area contributed by atoms with E-state index in [0.29, 0.717) is 24.6 Å². The fourth-order valence-electron chi connectivity index (χ4n) is 2.85. The number of alkyl halides is 3. The summed E-state index contributed by atoms with van der Waals surface area (Å²) < 4.78 is 50.1. The van der Waals surface area contributed by atoms with Crippen LogP contribution in [-0.2, 0) is 11.0 Å². The van der Waals surface area contributed by atoms with Gasteiger partial charge in [-0.1, -0.05) is 12.1 Å². The van der Waals surface area contributed by atoms with Crippen molar-refractivity contribution in [3.63, 3.8) is 0 Å². The fourth-order valence-corrected chi connectivity index (χ4v) is 3.70. The van der Waals surface area contributed by atoms with E-state index in [1.165, 1.54) is 38.1 Å². The van der Waals surface area contributed by atoms with E-state index in [1.54, 1.807) is 24.4 Å². The van der Waals surface area contributed by atoms with E-state index >= 15 is 0 Å². The highest BCUT2D eigenvalue weighted by molar-refractivity contribution is 8.00. The van der Waals surface area contributed by atoms with Crippen LogP contribution in [0.15, 0.2) is 53.6 Å². The Morgan fingerprint density at radius 3 is 2.16 bits per heavy atom. The molecule has 0 aliphatic heterocycles. The lowest BCUT2D eigenvalue weighted by atomic mass is 10.0. The number of allylic oxidation sites excluding steroid dienone is 1. The van der Waals surface area contributed by atoms with Gasteiger partial charge < -0.3 is 14.4 Å². The molecule has 2 aromatic carbocycles. The monoisotopic (exact) mass is 453 g/mol. The fraction of sp³-hybridized carbons (Fsp3) is 0.348. The lowest BCUT2D eigenvalue weighted by Gasteiger charge is -2.19. The lowest BCUT2D eigenvalue weighted by molar-refractivity contribution is -0.137. The molecule has 0 heterocycles. The van der Waals surface area contributed by atoms with Crippen LogP contribution in [0.25, 0.3) is 5.57 Å². The van der Waals surface area contributed by atoms with E-state index in [2.05, 4.69) is 0 Å². The number of halogens is 3. The summed E-state index contributed by atoms with van der Waals surface area (Å²) in [6, 6.07) is 10.1. The van der Waals surface area contributed by atoms with Crippen LogP contribution in [0.2, 0.25) is 0 Å². The Balaban J connectivity index is 2.34. The van der Waals surface area contributed by atoms with Crippen LogP contribution in [0, 0.1) is 0 Å². The summed E-state index contributed by atoms with van der Waals surface area (Å²) in [6.45, 7) is 5.11. The van der Waals surface area contributed by atoms with Gasteiger partial charge in [-0.3, -0.25) is 4.79 Å². The van der Waals surface area contributed by atoms with Gasteiger partial charge >= 0.3 is 6.18 Å². The van der Waals surface area contributed by atoms with Crippen LogP contribution < -0.4 is 9.47 Å². The number of ketones is 1. The Kier molecular flexibility index (Phi) is 8.86. The van der Waals surface area contributed by atoms with Gasteiger partial charge in [-0.25, -0.2) is 0 Å². The molecule has 8 heteroatoms. The van der Waals surface area contributed by atoms with E-state index in [9.17, 15) is 18.0 Å². The van der Waals surface area contributed by atoms with Crippen LogP contribution in [0.5, 0.6) is 11.5 Å². The molecule has 0 aliphatic rings. The van der Waals surface area contributed by atoms with Gasteiger partial charge in [0.25, 0.3) is 0 Å². The molecule has 0 saturated heterocycles. The summed E-state index contributed by atoms with van der Waals surface area (Å²) in [4.78, 5) is 15.7. The molecule has 0 unspecified atom stereocenters. The van der Waals surface area contributed by atoms with Gasteiger partial charge in [-0.2, -0.15) is 13.2 Å². The van der Waals surface area contributed by atoms with Crippen molar-refractivity contribution in [1.29, 1.82) is 0 Å². The van der Waals surface area contributed by atoms with E-state index in [-0.39, 0.29) is 22.7 Å². The predicted octanol–water partition coefficient (Wildman–Crippen LogP) is 5.77. The van der Waals surface area contributed by atoms with E-state index in [1.807, 2.05) is 18.7 Å². The van der Waals surface area contributed by atoms with Gasteiger partial charge in [0.2, 0.25) is 0 Å². The minimum Gasteiger partial charge on any atom is -0.497 e. The molecule has 0 atom stereocenters. The lowest BCUT2D eigenvalue weighted by Crippen LogP contribution is -2.18. The highest BCUT2D eigenvalue weighted by Gasteiger charge is 2.31. The second kappa shape index (κ2) is 11.1. The van der Waals surface area contributed by atoms with Crippen molar-refractivity contribution in [2.45, 2.75) is 24.9 Å². The van der Waals surface area contributed by atoms with Gasteiger partial charge in [0.05, 0.1) is 25.5 Å². The first-order chi connectivity index (χ1) is 14.7. The summed E-state index contributed by atoms with van der Waals surface area (Å²) >= 11 is 1.27. The maximum absolute atomic E-state index is 13.2. The van der Waals surface area contributed by atoms with Crippen molar-refractivity contribution in [1.82, 2.24) is 4.90 Å². The zero-order valence-corrected chi connectivity index (χ0v) is 18.8. The molecule has 0 radical (unpaired) electrons. The van der Waals surface area contributed by atoms with Crippen LogP contribution in [0.3, 0.4) is 0 Å². The summed E-state index contributed by atoms with van der Waals surface area (Å²) in [5.74, 6) is 0.967. The number of carbonyl (C=O) groups excluding carboxylic acids is 1. The molecule has 0 aromatic heterocycles. The van der Waals surface area contributed by atoms with Crippen molar-refractivity contribution < 1.29 is 27.4 Å². The number of hydrogen-bond acceptors (Lipinski definition) is 5. The summed E-state index contributed by atoms with van der Waals surface area (Å²) in [6.07, 6.45) is -2.84. The molecule has 2 rings (SSSR count). The molecule has 0 amide bonds. The molecule has 31 heavy (non-hydrogen) atoms.